The van der Waals surface area contributed by atoms with Gasteiger partial charge in [-0.15, -0.1) is 11.3 Å². The van der Waals surface area contributed by atoms with Gasteiger partial charge >= 0.3 is 0 Å². The highest BCUT2D eigenvalue weighted by molar-refractivity contribution is 7.93. The lowest BCUT2D eigenvalue weighted by Crippen LogP contribution is -2.51. The zero-order valence-electron chi connectivity index (χ0n) is 23.5. The molecule has 1 aliphatic carbocycles. The molecule has 3 aromatic rings. The van der Waals surface area contributed by atoms with Gasteiger partial charge in [0, 0.05) is 51.2 Å². The Morgan fingerprint density at radius 2 is 1.93 bits per heavy atom. The normalized spacial score (nSPS) is 17.4. The summed E-state index contributed by atoms with van der Waals surface area (Å²) in [5.74, 6) is 0.0667. The summed E-state index contributed by atoms with van der Waals surface area (Å²) in [6, 6.07) is 3.33. The molecule has 0 spiro atoms. The third kappa shape index (κ3) is 7.56. The first kappa shape index (κ1) is 29.3. The molecule has 3 aromatic heterocycles. The standard InChI is InChI=1S/C27H36N8O4S2/c1-4-39-25-16-28-14-22(31-25)24-15-30-27(40-24)26(36)32-23(17-34-9-11-35(12-10-34)18(2)3)21-13-19(7-8-29-21)33-41(37,38)20-5-6-20/h7-8,13-16,18,20,23H,4-6,9-12,17H2,1-3H3,(H,29,33)(H,32,36)/t23-/m1/s1. The van der Waals surface area contributed by atoms with Gasteiger partial charge in [0.1, 0.15) is 5.69 Å². The minimum atomic E-state index is -3.43. The van der Waals surface area contributed by atoms with E-state index >= 15 is 0 Å². The number of amides is 1. The molecule has 0 unspecified atom stereocenters. The van der Waals surface area contributed by atoms with Crippen molar-refractivity contribution >= 4 is 33.0 Å². The number of nitrogens with zero attached hydrogens (tertiary/aromatic N) is 6. The summed E-state index contributed by atoms with van der Waals surface area (Å²) in [6.45, 7) is 10.8. The Bertz CT molecular complexity index is 1450. The zero-order chi connectivity index (χ0) is 29.0. The summed E-state index contributed by atoms with van der Waals surface area (Å²) in [5, 5.41) is 3.04. The van der Waals surface area contributed by atoms with E-state index in [4.69, 9.17) is 4.74 Å². The molecule has 5 rings (SSSR count). The Kier molecular flexibility index (Phi) is 9.12. The van der Waals surface area contributed by atoms with Gasteiger partial charge in [-0.3, -0.25) is 29.3 Å². The predicted octanol–water partition coefficient (Wildman–Crippen LogP) is 2.80. The van der Waals surface area contributed by atoms with Gasteiger partial charge in [0.25, 0.3) is 5.91 Å². The summed E-state index contributed by atoms with van der Waals surface area (Å²) in [5.41, 5.74) is 1.59. The van der Waals surface area contributed by atoms with Crippen molar-refractivity contribution in [1.29, 1.82) is 0 Å². The Morgan fingerprint density at radius 1 is 1.15 bits per heavy atom. The van der Waals surface area contributed by atoms with E-state index in [2.05, 4.69) is 53.6 Å². The highest BCUT2D eigenvalue weighted by Crippen LogP contribution is 2.30. The molecule has 12 nitrogen and oxygen atoms in total. The second kappa shape index (κ2) is 12.8. The molecule has 1 saturated carbocycles. The van der Waals surface area contributed by atoms with Crippen LogP contribution < -0.4 is 14.8 Å². The molecule has 14 heteroatoms. The van der Waals surface area contributed by atoms with Gasteiger partial charge in [0.2, 0.25) is 15.9 Å². The van der Waals surface area contributed by atoms with Gasteiger partial charge < -0.3 is 10.1 Å². The lowest BCUT2D eigenvalue weighted by Gasteiger charge is -2.38. The molecular weight excluding hydrogens is 564 g/mol. The second-order valence-electron chi connectivity index (χ2n) is 10.5. The van der Waals surface area contributed by atoms with Crippen LogP contribution in [0.15, 0.2) is 36.9 Å². The van der Waals surface area contributed by atoms with E-state index in [1.807, 2.05) is 6.92 Å². The monoisotopic (exact) mass is 600 g/mol. The lowest BCUT2D eigenvalue weighted by molar-refractivity contribution is 0.0861. The molecule has 220 valence electrons. The Hall–Kier alpha value is -3.20. The van der Waals surface area contributed by atoms with Crippen LogP contribution >= 0.6 is 11.3 Å². The summed E-state index contributed by atoms with van der Waals surface area (Å²) in [6.07, 6.45) is 7.66. The number of piperazine rings is 1. The molecule has 41 heavy (non-hydrogen) atoms. The Labute approximate surface area is 244 Å². The highest BCUT2D eigenvalue weighted by Gasteiger charge is 2.36. The summed E-state index contributed by atoms with van der Waals surface area (Å²) >= 11 is 1.22. The third-order valence-electron chi connectivity index (χ3n) is 7.10. The van der Waals surface area contributed by atoms with Crippen molar-refractivity contribution in [3.05, 3.63) is 47.6 Å². The SMILES string of the molecule is CCOc1cncc(-c2cnc(C(=O)N[C@H](CN3CCN(C(C)C)CC3)c3cc(NS(=O)(=O)C4CC4)ccn3)s2)n1. The number of anilines is 1. The van der Waals surface area contributed by atoms with Gasteiger partial charge in [-0.05, 0) is 45.7 Å². The second-order valence-corrected chi connectivity index (χ2v) is 13.5. The maximum absolute atomic E-state index is 13.4. The van der Waals surface area contributed by atoms with Crippen molar-refractivity contribution < 1.29 is 17.9 Å². The van der Waals surface area contributed by atoms with Gasteiger partial charge in [0.15, 0.2) is 5.01 Å². The quantitative estimate of drug-likeness (QED) is 0.319. The molecule has 0 radical (unpaired) electrons. The Balaban J connectivity index is 1.34. The van der Waals surface area contributed by atoms with E-state index in [-0.39, 0.29) is 16.2 Å². The van der Waals surface area contributed by atoms with Gasteiger partial charge in [0.05, 0.1) is 46.6 Å². The van der Waals surface area contributed by atoms with E-state index in [9.17, 15) is 13.2 Å². The number of carbonyl (C=O) groups excluding carboxylic acids is 1. The van der Waals surface area contributed by atoms with Crippen molar-refractivity contribution in [2.75, 3.05) is 44.1 Å². The van der Waals surface area contributed by atoms with Crippen molar-refractivity contribution in [2.45, 2.75) is 50.9 Å². The van der Waals surface area contributed by atoms with Crippen LogP contribution in [-0.2, 0) is 10.0 Å². The Morgan fingerprint density at radius 3 is 2.63 bits per heavy atom. The average Bonchev–Trinajstić information content (AvgIpc) is 3.71. The average molecular weight is 601 g/mol. The van der Waals surface area contributed by atoms with Crippen LogP contribution in [0.2, 0.25) is 0 Å². The maximum atomic E-state index is 13.4. The van der Waals surface area contributed by atoms with E-state index in [0.29, 0.717) is 59.9 Å². The molecule has 2 N–H and O–H groups in total. The summed E-state index contributed by atoms with van der Waals surface area (Å²) in [7, 11) is -3.43. The molecule has 1 atom stereocenters. The van der Waals surface area contributed by atoms with Crippen molar-refractivity contribution in [3.8, 4) is 16.5 Å². The third-order valence-corrected chi connectivity index (χ3v) is 9.99. The molecule has 1 amide bonds. The first-order chi connectivity index (χ1) is 19.7. The molecule has 0 bridgehead atoms. The molecule has 2 aliphatic rings. The smallest absolute Gasteiger partial charge is 0.280 e. The number of carbonyl (C=O) groups is 1. The fraction of sp³-hybridized carbons (Fsp3) is 0.519. The summed E-state index contributed by atoms with van der Waals surface area (Å²) < 4.78 is 33.2. The van der Waals surface area contributed by atoms with Crippen molar-refractivity contribution in [3.63, 3.8) is 0 Å². The summed E-state index contributed by atoms with van der Waals surface area (Å²) in [4.78, 5) is 36.4. The van der Waals surface area contributed by atoms with Gasteiger partial charge in [-0.2, -0.15) is 0 Å². The van der Waals surface area contributed by atoms with Crippen LogP contribution in [0.5, 0.6) is 5.88 Å². The molecule has 1 aliphatic heterocycles. The molecule has 0 aromatic carbocycles. The lowest BCUT2D eigenvalue weighted by atomic mass is 10.1. The number of rotatable bonds is 12. The minimum Gasteiger partial charge on any atom is -0.477 e. The van der Waals surface area contributed by atoms with Gasteiger partial charge in [-0.1, -0.05) is 0 Å². The first-order valence-corrected chi connectivity index (χ1v) is 16.2. The van der Waals surface area contributed by atoms with Crippen LogP contribution in [0, 0.1) is 0 Å². The van der Waals surface area contributed by atoms with Crippen LogP contribution in [0.1, 0.15) is 55.2 Å². The first-order valence-electron chi connectivity index (χ1n) is 13.9. The van der Waals surface area contributed by atoms with E-state index in [1.165, 1.54) is 11.3 Å². The fourth-order valence-corrected chi connectivity index (χ4v) is 6.82. The molecular formula is C27H36N8O4S2. The number of pyridine rings is 1. The van der Waals surface area contributed by atoms with Crippen molar-refractivity contribution in [2.24, 2.45) is 0 Å². The largest absolute Gasteiger partial charge is 0.477 e. The fourth-order valence-electron chi connectivity index (χ4n) is 4.66. The molecule has 2 fully saturated rings. The minimum absolute atomic E-state index is 0.281. The van der Waals surface area contributed by atoms with Crippen molar-refractivity contribution in [1.82, 2.24) is 35.1 Å². The highest BCUT2D eigenvalue weighted by atomic mass is 32.2. The number of hydrogen-bond donors (Lipinski definition) is 2. The molecule has 1 saturated heterocycles. The predicted molar refractivity (Wildman–Crippen MR) is 157 cm³/mol. The number of hydrogen-bond acceptors (Lipinski definition) is 11. The topological polar surface area (TPSA) is 143 Å². The number of thiazole rings is 1. The van der Waals surface area contributed by atoms with E-state index < -0.39 is 16.1 Å². The number of aromatic nitrogens is 4. The van der Waals surface area contributed by atoms with Crippen LogP contribution in [0.3, 0.4) is 0 Å². The number of sulfonamides is 1. The van der Waals surface area contributed by atoms with E-state index in [0.717, 1.165) is 26.2 Å². The number of ether oxygens (including phenoxy) is 1. The number of nitrogens with one attached hydrogen (secondary N) is 2. The van der Waals surface area contributed by atoms with Gasteiger partial charge in [-0.25, -0.2) is 18.4 Å². The molecule has 4 heterocycles. The zero-order valence-corrected chi connectivity index (χ0v) is 25.1. The van der Waals surface area contributed by atoms with Crippen LogP contribution in [0.4, 0.5) is 5.69 Å². The maximum Gasteiger partial charge on any atom is 0.280 e. The van der Waals surface area contributed by atoms with E-state index in [1.54, 1.807) is 36.9 Å². The van der Waals surface area contributed by atoms with Crippen LogP contribution in [-0.4, -0.2) is 94.7 Å². The van der Waals surface area contributed by atoms with Crippen LogP contribution in [0.25, 0.3) is 10.6 Å².